The maximum Gasteiger partial charge on any atom is 0.185 e. The van der Waals surface area contributed by atoms with E-state index in [0.29, 0.717) is 31.1 Å². The monoisotopic (exact) mass is 394 g/mol. The Morgan fingerprint density at radius 2 is 1.55 bits per heavy atom. The molecule has 0 atom stereocenters. The average molecular weight is 395 g/mol. The lowest BCUT2D eigenvalue weighted by Gasteiger charge is -2.14. The first-order valence-corrected chi connectivity index (χ1v) is 10.0. The Balaban J connectivity index is 2.18. The van der Waals surface area contributed by atoms with Crippen LogP contribution in [0.3, 0.4) is 0 Å². The minimum atomic E-state index is -0.0760. The number of ether oxygens (including phenoxy) is 3. The predicted molar refractivity (Wildman–Crippen MR) is 118 cm³/mol. The molecule has 0 fully saturated rings. The van der Waals surface area contributed by atoms with Crippen molar-refractivity contribution in [1.29, 1.82) is 0 Å². The van der Waals surface area contributed by atoms with Crippen molar-refractivity contribution in [3.63, 3.8) is 0 Å². The normalized spacial score (nSPS) is 10.7. The zero-order chi connectivity index (χ0) is 21.1. The van der Waals surface area contributed by atoms with Crippen LogP contribution in [0.4, 0.5) is 0 Å². The van der Waals surface area contributed by atoms with E-state index < -0.39 is 0 Å². The van der Waals surface area contributed by atoms with Crippen LogP contribution in [0.5, 0.6) is 17.2 Å². The highest BCUT2D eigenvalue weighted by Crippen LogP contribution is 2.31. The SMILES string of the molecule is C=CCOc1ccc(C(=O)C=Cc2cc(OCCC)c(C)c(OCCC)c2)cc1. The van der Waals surface area contributed by atoms with Gasteiger partial charge < -0.3 is 14.2 Å². The summed E-state index contributed by atoms with van der Waals surface area (Å²) in [5.41, 5.74) is 2.45. The van der Waals surface area contributed by atoms with Gasteiger partial charge in [0, 0.05) is 11.1 Å². The molecule has 29 heavy (non-hydrogen) atoms. The van der Waals surface area contributed by atoms with E-state index in [-0.39, 0.29) is 5.78 Å². The van der Waals surface area contributed by atoms with Crippen LogP contribution < -0.4 is 14.2 Å². The summed E-state index contributed by atoms with van der Waals surface area (Å²) in [4.78, 5) is 12.5. The lowest BCUT2D eigenvalue weighted by molar-refractivity contribution is 0.104. The van der Waals surface area contributed by atoms with Crippen LogP contribution in [-0.2, 0) is 0 Å². The third kappa shape index (κ3) is 6.83. The van der Waals surface area contributed by atoms with Crippen molar-refractivity contribution in [2.24, 2.45) is 0 Å². The van der Waals surface area contributed by atoms with Crippen molar-refractivity contribution < 1.29 is 19.0 Å². The minimum absolute atomic E-state index is 0.0760. The van der Waals surface area contributed by atoms with Gasteiger partial charge in [-0.2, -0.15) is 0 Å². The number of benzene rings is 2. The molecule has 0 aliphatic heterocycles. The van der Waals surface area contributed by atoms with E-state index >= 15 is 0 Å². The van der Waals surface area contributed by atoms with E-state index in [1.54, 1.807) is 42.5 Å². The topological polar surface area (TPSA) is 44.8 Å². The molecular formula is C25H30O4. The number of hydrogen-bond acceptors (Lipinski definition) is 4. The highest BCUT2D eigenvalue weighted by Gasteiger charge is 2.09. The number of hydrogen-bond donors (Lipinski definition) is 0. The van der Waals surface area contributed by atoms with Gasteiger partial charge >= 0.3 is 0 Å². The summed E-state index contributed by atoms with van der Waals surface area (Å²) in [5.74, 6) is 2.21. The van der Waals surface area contributed by atoms with Gasteiger partial charge in [0.2, 0.25) is 0 Å². The van der Waals surface area contributed by atoms with Crippen molar-refractivity contribution in [2.45, 2.75) is 33.6 Å². The third-order valence-corrected chi connectivity index (χ3v) is 4.19. The van der Waals surface area contributed by atoms with E-state index in [0.717, 1.165) is 35.5 Å². The van der Waals surface area contributed by atoms with Crippen LogP contribution in [0.25, 0.3) is 6.08 Å². The van der Waals surface area contributed by atoms with Crippen LogP contribution >= 0.6 is 0 Å². The van der Waals surface area contributed by atoms with Crippen LogP contribution in [0, 0.1) is 6.92 Å². The highest BCUT2D eigenvalue weighted by atomic mass is 16.5. The molecule has 0 heterocycles. The van der Waals surface area contributed by atoms with Crippen molar-refractivity contribution >= 4 is 11.9 Å². The number of carbonyl (C=O) groups is 1. The predicted octanol–water partition coefficient (Wildman–Crippen LogP) is 6.03. The van der Waals surface area contributed by atoms with Gasteiger partial charge in [0.25, 0.3) is 0 Å². The molecule has 2 aromatic rings. The molecule has 0 unspecified atom stereocenters. The first-order chi connectivity index (χ1) is 14.1. The first-order valence-electron chi connectivity index (χ1n) is 10.0. The Morgan fingerprint density at radius 3 is 2.07 bits per heavy atom. The fourth-order valence-electron chi connectivity index (χ4n) is 2.64. The molecule has 0 spiro atoms. The number of carbonyl (C=O) groups excluding carboxylic acids is 1. The maximum atomic E-state index is 12.5. The summed E-state index contributed by atoms with van der Waals surface area (Å²) in [5, 5.41) is 0. The molecule has 4 heteroatoms. The van der Waals surface area contributed by atoms with Crippen molar-refractivity contribution in [2.75, 3.05) is 19.8 Å². The molecule has 0 aromatic heterocycles. The molecule has 0 aliphatic carbocycles. The van der Waals surface area contributed by atoms with Gasteiger partial charge in [-0.15, -0.1) is 0 Å². The molecular weight excluding hydrogens is 364 g/mol. The van der Waals surface area contributed by atoms with E-state index in [1.165, 1.54) is 0 Å². The Morgan fingerprint density at radius 1 is 0.966 bits per heavy atom. The van der Waals surface area contributed by atoms with Crippen molar-refractivity contribution in [1.82, 2.24) is 0 Å². The summed E-state index contributed by atoms with van der Waals surface area (Å²) >= 11 is 0. The Kier molecular flexibility index (Phi) is 9.03. The van der Waals surface area contributed by atoms with Gasteiger partial charge in [-0.05, 0) is 67.8 Å². The van der Waals surface area contributed by atoms with E-state index in [2.05, 4.69) is 20.4 Å². The molecule has 0 aliphatic rings. The Labute approximate surface area is 173 Å². The Hall–Kier alpha value is -3.01. The molecule has 0 bridgehead atoms. The third-order valence-electron chi connectivity index (χ3n) is 4.19. The molecule has 2 rings (SSSR count). The van der Waals surface area contributed by atoms with E-state index in [9.17, 15) is 4.79 Å². The van der Waals surface area contributed by atoms with Gasteiger partial charge in [0.1, 0.15) is 23.9 Å². The zero-order valence-corrected chi connectivity index (χ0v) is 17.6. The molecule has 0 saturated carbocycles. The van der Waals surface area contributed by atoms with Gasteiger partial charge in [0.15, 0.2) is 5.78 Å². The largest absolute Gasteiger partial charge is 0.493 e. The summed E-state index contributed by atoms with van der Waals surface area (Å²) in [6.45, 7) is 11.5. The molecule has 2 aromatic carbocycles. The standard InChI is InChI=1S/C25H30O4/c1-5-14-27-22-11-9-21(10-12-22)23(26)13-8-20-17-24(28-15-6-2)19(4)25(18-20)29-16-7-3/h5,8-13,17-18H,1,6-7,14-16H2,2-4H3. The quantitative estimate of drug-likeness (QED) is 0.250. The number of allylic oxidation sites excluding steroid dienone is 1. The van der Waals surface area contributed by atoms with Crippen LogP contribution in [0.1, 0.15) is 48.2 Å². The molecule has 0 radical (unpaired) electrons. The van der Waals surface area contributed by atoms with Gasteiger partial charge in [-0.3, -0.25) is 4.79 Å². The Bertz CT molecular complexity index is 805. The van der Waals surface area contributed by atoms with E-state index in [4.69, 9.17) is 14.2 Å². The number of rotatable bonds is 12. The van der Waals surface area contributed by atoms with Crippen molar-refractivity contribution in [3.8, 4) is 17.2 Å². The van der Waals surface area contributed by atoms with E-state index in [1.807, 2.05) is 19.1 Å². The second kappa shape index (κ2) is 11.7. The summed E-state index contributed by atoms with van der Waals surface area (Å²) in [7, 11) is 0. The fourth-order valence-corrected chi connectivity index (χ4v) is 2.64. The number of ketones is 1. The summed E-state index contributed by atoms with van der Waals surface area (Å²) in [6, 6.07) is 11.0. The molecule has 0 N–H and O–H groups in total. The molecule has 0 saturated heterocycles. The fraction of sp³-hybridized carbons (Fsp3) is 0.320. The second-order valence-electron chi connectivity index (χ2n) is 6.66. The molecule has 4 nitrogen and oxygen atoms in total. The lowest BCUT2D eigenvalue weighted by Crippen LogP contribution is -2.02. The minimum Gasteiger partial charge on any atom is -0.493 e. The van der Waals surface area contributed by atoms with Crippen LogP contribution in [0.15, 0.2) is 55.1 Å². The first kappa shape index (κ1) is 22.3. The summed E-state index contributed by atoms with van der Waals surface area (Å²) in [6.07, 6.45) is 6.89. The van der Waals surface area contributed by atoms with Crippen molar-refractivity contribution in [3.05, 3.63) is 71.8 Å². The summed E-state index contributed by atoms with van der Waals surface area (Å²) < 4.78 is 17.2. The van der Waals surface area contributed by atoms with Gasteiger partial charge in [-0.1, -0.05) is 32.6 Å². The average Bonchev–Trinajstić information content (AvgIpc) is 2.75. The molecule has 0 amide bonds. The highest BCUT2D eigenvalue weighted by molar-refractivity contribution is 6.06. The second-order valence-corrected chi connectivity index (χ2v) is 6.66. The van der Waals surface area contributed by atoms with Gasteiger partial charge in [-0.25, -0.2) is 0 Å². The lowest BCUT2D eigenvalue weighted by atomic mass is 10.1. The van der Waals surface area contributed by atoms with Gasteiger partial charge in [0.05, 0.1) is 13.2 Å². The smallest absolute Gasteiger partial charge is 0.185 e. The zero-order valence-electron chi connectivity index (χ0n) is 17.6. The van der Waals surface area contributed by atoms with Crippen LogP contribution in [0.2, 0.25) is 0 Å². The molecule has 154 valence electrons. The van der Waals surface area contributed by atoms with Crippen LogP contribution in [-0.4, -0.2) is 25.6 Å². The maximum absolute atomic E-state index is 12.5.